The van der Waals surface area contributed by atoms with E-state index < -0.39 is 0 Å². The van der Waals surface area contributed by atoms with Crippen LogP contribution in [-0.4, -0.2) is 33.1 Å². The van der Waals surface area contributed by atoms with Crippen LogP contribution in [-0.2, 0) is 14.3 Å². The van der Waals surface area contributed by atoms with Crippen LogP contribution in [0.15, 0.2) is 23.7 Å². The van der Waals surface area contributed by atoms with E-state index in [0.717, 1.165) is 12.8 Å². The van der Waals surface area contributed by atoms with Gasteiger partial charge in [-0.05, 0) is 12.5 Å². The Morgan fingerprint density at radius 2 is 1.83 bits per heavy atom. The van der Waals surface area contributed by atoms with Crippen LogP contribution in [0.2, 0.25) is 0 Å². The highest BCUT2D eigenvalue weighted by molar-refractivity contribution is 5.58. The second-order valence-corrected chi connectivity index (χ2v) is 3.42. The third-order valence-electron chi connectivity index (χ3n) is 2.06. The molecular formula is C12H21N3O3. The molecule has 0 saturated heterocycles. The molecule has 0 aromatic heterocycles. The van der Waals surface area contributed by atoms with Crippen molar-refractivity contribution in [1.29, 1.82) is 0 Å². The second kappa shape index (κ2) is 11.7. The van der Waals surface area contributed by atoms with Crippen molar-refractivity contribution in [1.82, 2.24) is 16.0 Å². The van der Waals surface area contributed by atoms with E-state index in [1.807, 2.05) is 0 Å². The first-order chi connectivity index (χ1) is 8.79. The van der Waals surface area contributed by atoms with Gasteiger partial charge in [0.25, 0.3) is 0 Å². The van der Waals surface area contributed by atoms with E-state index in [1.54, 1.807) is 19.3 Å². The fraction of sp³-hybridized carbons (Fsp3) is 0.500. The Hall–Kier alpha value is -1.82. The van der Waals surface area contributed by atoms with Gasteiger partial charge in [-0.3, -0.25) is 9.59 Å². The third-order valence-corrected chi connectivity index (χ3v) is 2.06. The first-order valence-corrected chi connectivity index (χ1v) is 5.86. The SMILES string of the molecule is CCCCOC/C=C(NC=O)\C(=C/NC)NC=O. The predicted octanol–water partition coefficient (Wildman–Crippen LogP) is 0.240. The lowest BCUT2D eigenvalue weighted by Gasteiger charge is -2.10. The smallest absolute Gasteiger partial charge is 0.211 e. The number of ether oxygens (including phenoxy) is 1. The van der Waals surface area contributed by atoms with E-state index in [0.29, 0.717) is 37.4 Å². The number of hydrogen-bond acceptors (Lipinski definition) is 4. The number of hydrogen-bond donors (Lipinski definition) is 3. The third kappa shape index (κ3) is 7.45. The van der Waals surface area contributed by atoms with E-state index in [2.05, 4.69) is 22.9 Å². The molecule has 6 nitrogen and oxygen atoms in total. The molecule has 3 N–H and O–H groups in total. The van der Waals surface area contributed by atoms with Crippen molar-refractivity contribution in [3.63, 3.8) is 0 Å². The van der Waals surface area contributed by atoms with Crippen LogP contribution in [0.25, 0.3) is 0 Å². The maximum atomic E-state index is 10.5. The average molecular weight is 255 g/mol. The lowest BCUT2D eigenvalue weighted by Crippen LogP contribution is -2.23. The molecule has 6 heteroatoms. The van der Waals surface area contributed by atoms with Crippen molar-refractivity contribution < 1.29 is 14.3 Å². The lowest BCUT2D eigenvalue weighted by molar-refractivity contribution is -0.110. The minimum absolute atomic E-state index is 0.373. The molecule has 0 aliphatic heterocycles. The van der Waals surface area contributed by atoms with Crippen molar-refractivity contribution in [3.8, 4) is 0 Å². The zero-order valence-corrected chi connectivity index (χ0v) is 10.9. The number of unbranched alkanes of at least 4 members (excludes halogenated alkanes) is 1. The minimum Gasteiger partial charge on any atom is -0.392 e. The van der Waals surface area contributed by atoms with Gasteiger partial charge in [0.2, 0.25) is 12.8 Å². The molecule has 2 amide bonds. The molecule has 0 aromatic rings. The summed E-state index contributed by atoms with van der Waals surface area (Å²) in [5.74, 6) is 0. The normalized spacial score (nSPS) is 11.9. The average Bonchev–Trinajstić information content (AvgIpc) is 2.37. The molecule has 0 aromatic carbocycles. The highest BCUT2D eigenvalue weighted by atomic mass is 16.5. The van der Waals surface area contributed by atoms with Gasteiger partial charge in [0, 0.05) is 19.9 Å². The molecule has 0 fully saturated rings. The van der Waals surface area contributed by atoms with Gasteiger partial charge < -0.3 is 20.7 Å². The topological polar surface area (TPSA) is 79.5 Å². The Kier molecular flexibility index (Phi) is 10.5. The van der Waals surface area contributed by atoms with Crippen LogP contribution in [0.3, 0.4) is 0 Å². The Morgan fingerprint density at radius 3 is 2.39 bits per heavy atom. The molecule has 0 rings (SSSR count). The van der Waals surface area contributed by atoms with Gasteiger partial charge in [-0.1, -0.05) is 13.3 Å². The molecule has 0 atom stereocenters. The number of amides is 2. The number of carbonyl (C=O) groups is 2. The van der Waals surface area contributed by atoms with E-state index in [-0.39, 0.29) is 0 Å². The summed E-state index contributed by atoms with van der Waals surface area (Å²) in [7, 11) is 1.70. The van der Waals surface area contributed by atoms with Crippen molar-refractivity contribution in [2.75, 3.05) is 20.3 Å². The van der Waals surface area contributed by atoms with Gasteiger partial charge in [0.05, 0.1) is 18.0 Å². The summed E-state index contributed by atoms with van der Waals surface area (Å²) in [5.41, 5.74) is 0.960. The minimum atomic E-state index is 0.373. The molecule has 0 saturated carbocycles. The first-order valence-electron chi connectivity index (χ1n) is 5.86. The summed E-state index contributed by atoms with van der Waals surface area (Å²) < 4.78 is 5.36. The van der Waals surface area contributed by atoms with Gasteiger partial charge in [-0.25, -0.2) is 0 Å². The van der Waals surface area contributed by atoms with Crippen LogP contribution >= 0.6 is 0 Å². The van der Waals surface area contributed by atoms with Crippen LogP contribution in [0.4, 0.5) is 0 Å². The highest BCUT2D eigenvalue weighted by Gasteiger charge is 2.03. The molecular weight excluding hydrogens is 234 g/mol. The number of carbonyl (C=O) groups excluding carboxylic acids is 2. The van der Waals surface area contributed by atoms with Crippen LogP contribution < -0.4 is 16.0 Å². The first kappa shape index (κ1) is 16.2. The van der Waals surface area contributed by atoms with Crippen LogP contribution in [0.5, 0.6) is 0 Å². The van der Waals surface area contributed by atoms with Gasteiger partial charge in [-0.15, -0.1) is 0 Å². The lowest BCUT2D eigenvalue weighted by atomic mass is 10.3. The fourth-order valence-corrected chi connectivity index (χ4v) is 1.19. The van der Waals surface area contributed by atoms with Gasteiger partial charge in [0.1, 0.15) is 0 Å². The molecule has 18 heavy (non-hydrogen) atoms. The second-order valence-electron chi connectivity index (χ2n) is 3.42. The molecule has 0 heterocycles. The Morgan fingerprint density at radius 1 is 1.17 bits per heavy atom. The van der Waals surface area contributed by atoms with Gasteiger partial charge in [-0.2, -0.15) is 0 Å². The molecule has 102 valence electrons. The Bertz CT molecular complexity index is 301. The summed E-state index contributed by atoms with van der Waals surface area (Å²) in [6.45, 7) is 3.13. The monoisotopic (exact) mass is 255 g/mol. The van der Waals surface area contributed by atoms with Crippen molar-refractivity contribution in [2.45, 2.75) is 19.8 Å². The maximum absolute atomic E-state index is 10.5. The molecule has 0 radical (unpaired) electrons. The van der Waals surface area contributed by atoms with E-state index in [4.69, 9.17) is 4.74 Å². The maximum Gasteiger partial charge on any atom is 0.211 e. The quantitative estimate of drug-likeness (QED) is 0.281. The fourth-order valence-electron chi connectivity index (χ4n) is 1.19. The summed E-state index contributed by atoms with van der Waals surface area (Å²) in [5, 5.41) is 7.79. The molecule has 0 bridgehead atoms. The summed E-state index contributed by atoms with van der Waals surface area (Å²) in [6, 6.07) is 0. The zero-order valence-electron chi connectivity index (χ0n) is 10.9. The number of nitrogens with one attached hydrogen (secondary N) is 3. The zero-order chi connectivity index (χ0) is 13.6. The van der Waals surface area contributed by atoms with E-state index in [1.165, 1.54) is 0 Å². The Labute approximate surface area is 107 Å². The largest absolute Gasteiger partial charge is 0.392 e. The predicted molar refractivity (Wildman–Crippen MR) is 69.4 cm³/mol. The van der Waals surface area contributed by atoms with E-state index >= 15 is 0 Å². The molecule has 0 aliphatic carbocycles. The van der Waals surface area contributed by atoms with Crippen molar-refractivity contribution in [2.24, 2.45) is 0 Å². The molecule has 0 aliphatic rings. The van der Waals surface area contributed by atoms with E-state index in [9.17, 15) is 9.59 Å². The highest BCUT2D eigenvalue weighted by Crippen LogP contribution is 2.01. The summed E-state index contributed by atoms with van der Waals surface area (Å²) in [6.07, 6.45) is 6.43. The summed E-state index contributed by atoms with van der Waals surface area (Å²) in [4.78, 5) is 21.0. The van der Waals surface area contributed by atoms with Gasteiger partial charge >= 0.3 is 0 Å². The molecule has 0 unspecified atom stereocenters. The van der Waals surface area contributed by atoms with Crippen LogP contribution in [0.1, 0.15) is 19.8 Å². The van der Waals surface area contributed by atoms with Crippen molar-refractivity contribution >= 4 is 12.8 Å². The standard InChI is InChI=1S/C12H21N3O3/c1-3-4-6-18-7-5-11(14-9-16)12(8-13-2)15-10-17/h5,8-10,13H,3-4,6-7H2,1-2H3,(H,14,16)(H,15,17)/b11-5+,12-8+. The van der Waals surface area contributed by atoms with Crippen LogP contribution in [0, 0.1) is 0 Å². The van der Waals surface area contributed by atoms with Crippen molar-refractivity contribution in [3.05, 3.63) is 23.7 Å². The number of rotatable bonds is 11. The van der Waals surface area contributed by atoms with Gasteiger partial charge in [0.15, 0.2) is 0 Å². The molecule has 0 spiro atoms. The summed E-state index contributed by atoms with van der Waals surface area (Å²) >= 11 is 0. The Balaban J connectivity index is 4.48.